The number of carbonyl (C=O) groups excluding carboxylic acids is 1. The molecule has 5 heteroatoms. The molecule has 1 heterocycles. The number of carbonyl (C=O) groups is 1. The normalized spacial score (nSPS) is 9.86. The van der Waals surface area contributed by atoms with Gasteiger partial charge in [0.1, 0.15) is 0 Å². The van der Waals surface area contributed by atoms with Crippen LogP contribution in [0.25, 0.3) is 0 Å². The highest BCUT2D eigenvalue weighted by Gasteiger charge is 1.98. The first-order valence-electron chi connectivity index (χ1n) is 4.65. The molecule has 0 atom stereocenters. The quantitative estimate of drug-likeness (QED) is 0.724. The second-order valence-corrected chi connectivity index (χ2v) is 3.77. The summed E-state index contributed by atoms with van der Waals surface area (Å²) in [4.78, 5) is 14.9. The molecule has 0 spiro atoms. The molecule has 1 aromatic rings. The number of rotatable bonds is 5. The summed E-state index contributed by atoms with van der Waals surface area (Å²) in [6, 6.07) is 0. The van der Waals surface area contributed by atoms with Gasteiger partial charge in [-0.1, -0.05) is 6.92 Å². The average Bonchev–Trinajstić information content (AvgIpc) is 2.60. The van der Waals surface area contributed by atoms with E-state index in [1.54, 1.807) is 11.3 Å². The van der Waals surface area contributed by atoms with Gasteiger partial charge >= 0.3 is 0 Å². The molecule has 0 saturated heterocycles. The molecule has 1 aromatic heterocycles. The van der Waals surface area contributed by atoms with E-state index in [0.29, 0.717) is 6.54 Å². The van der Waals surface area contributed by atoms with Gasteiger partial charge in [0.05, 0.1) is 5.69 Å². The number of thiazole rings is 1. The lowest BCUT2D eigenvalue weighted by Crippen LogP contribution is -2.26. The van der Waals surface area contributed by atoms with E-state index >= 15 is 0 Å². The minimum Gasteiger partial charge on any atom is -0.360 e. The zero-order valence-corrected chi connectivity index (χ0v) is 9.28. The second-order valence-electron chi connectivity index (χ2n) is 2.91. The summed E-state index contributed by atoms with van der Waals surface area (Å²) in [6.45, 7) is 4.95. The molecule has 1 rings (SSSR count). The van der Waals surface area contributed by atoms with Crippen molar-refractivity contribution < 1.29 is 4.79 Å². The Morgan fingerprint density at radius 1 is 1.57 bits per heavy atom. The fourth-order valence-electron chi connectivity index (χ4n) is 0.959. The number of amides is 1. The van der Waals surface area contributed by atoms with Crippen LogP contribution in [0.4, 0.5) is 5.13 Å². The Morgan fingerprint density at radius 3 is 2.93 bits per heavy atom. The molecule has 0 saturated carbocycles. The molecule has 0 bridgehead atoms. The Balaban J connectivity index is 2.21. The maximum absolute atomic E-state index is 10.6. The van der Waals surface area contributed by atoms with Crippen LogP contribution in [-0.4, -0.2) is 24.0 Å². The third-order valence-electron chi connectivity index (χ3n) is 1.69. The van der Waals surface area contributed by atoms with Crippen LogP contribution in [0, 0.1) is 0 Å². The molecule has 4 nitrogen and oxygen atoms in total. The van der Waals surface area contributed by atoms with Crippen LogP contribution >= 0.6 is 11.3 Å². The summed E-state index contributed by atoms with van der Waals surface area (Å²) in [5.74, 6) is 0.000172. The lowest BCUT2D eigenvalue weighted by molar-refractivity contribution is -0.118. The summed E-state index contributed by atoms with van der Waals surface area (Å²) in [6.07, 6.45) is 0.962. The third kappa shape index (κ3) is 3.74. The highest BCUT2D eigenvalue weighted by molar-refractivity contribution is 7.13. The molecule has 0 aliphatic heterocycles. The summed E-state index contributed by atoms with van der Waals surface area (Å²) in [5, 5.41) is 8.83. The Hall–Kier alpha value is -1.10. The number of aryl methyl sites for hydroxylation is 1. The summed E-state index contributed by atoms with van der Waals surface area (Å²) < 4.78 is 0. The monoisotopic (exact) mass is 213 g/mol. The van der Waals surface area contributed by atoms with Gasteiger partial charge in [-0.15, -0.1) is 11.3 Å². The molecule has 0 aliphatic carbocycles. The lowest BCUT2D eigenvalue weighted by Gasteiger charge is -2.02. The highest BCUT2D eigenvalue weighted by atomic mass is 32.1. The standard InChI is InChI=1S/C9H15N3OS/c1-3-8-6-14-9(12-8)11-5-4-10-7(2)13/h6H,3-5H2,1-2H3,(H,10,13)(H,11,12). The zero-order valence-electron chi connectivity index (χ0n) is 8.46. The van der Waals surface area contributed by atoms with E-state index in [4.69, 9.17) is 0 Å². The van der Waals surface area contributed by atoms with E-state index in [-0.39, 0.29) is 5.91 Å². The van der Waals surface area contributed by atoms with Crippen LogP contribution in [0.15, 0.2) is 5.38 Å². The predicted octanol–water partition coefficient (Wildman–Crippen LogP) is 1.25. The van der Waals surface area contributed by atoms with Crippen molar-refractivity contribution in [3.8, 4) is 0 Å². The second kappa shape index (κ2) is 5.59. The number of nitrogens with one attached hydrogen (secondary N) is 2. The zero-order chi connectivity index (χ0) is 10.4. The Labute approximate surface area is 87.7 Å². The number of hydrogen-bond donors (Lipinski definition) is 2. The molecule has 0 fully saturated rings. The summed E-state index contributed by atoms with van der Waals surface area (Å²) in [7, 11) is 0. The van der Waals surface area contributed by atoms with E-state index in [2.05, 4.69) is 22.5 Å². The van der Waals surface area contributed by atoms with Gasteiger partial charge in [0.15, 0.2) is 5.13 Å². The highest BCUT2D eigenvalue weighted by Crippen LogP contribution is 2.14. The fraction of sp³-hybridized carbons (Fsp3) is 0.556. The van der Waals surface area contributed by atoms with Gasteiger partial charge < -0.3 is 10.6 Å². The van der Waals surface area contributed by atoms with Gasteiger partial charge in [0.2, 0.25) is 5.91 Å². The molecule has 0 unspecified atom stereocenters. The topological polar surface area (TPSA) is 54.0 Å². The molecule has 0 radical (unpaired) electrons. The maximum Gasteiger partial charge on any atom is 0.216 e. The van der Waals surface area contributed by atoms with Gasteiger partial charge in [-0.25, -0.2) is 4.98 Å². The van der Waals surface area contributed by atoms with Crippen molar-refractivity contribution in [2.24, 2.45) is 0 Å². The Bertz CT molecular complexity index is 298. The largest absolute Gasteiger partial charge is 0.360 e. The summed E-state index contributed by atoms with van der Waals surface area (Å²) >= 11 is 1.60. The minimum absolute atomic E-state index is 0.000172. The fourth-order valence-corrected chi connectivity index (χ4v) is 1.78. The Kier molecular flexibility index (Phi) is 4.39. The van der Waals surface area contributed by atoms with E-state index in [1.165, 1.54) is 6.92 Å². The van der Waals surface area contributed by atoms with Crippen molar-refractivity contribution >= 4 is 22.4 Å². The van der Waals surface area contributed by atoms with Crippen LogP contribution in [0.5, 0.6) is 0 Å². The van der Waals surface area contributed by atoms with Gasteiger partial charge in [-0.05, 0) is 6.42 Å². The number of aromatic nitrogens is 1. The maximum atomic E-state index is 10.6. The lowest BCUT2D eigenvalue weighted by atomic mass is 10.4. The molecule has 0 aromatic carbocycles. The first kappa shape index (κ1) is 11.0. The van der Waals surface area contributed by atoms with Crippen LogP contribution < -0.4 is 10.6 Å². The van der Waals surface area contributed by atoms with E-state index in [1.807, 2.05) is 5.38 Å². The van der Waals surface area contributed by atoms with E-state index in [0.717, 1.165) is 23.8 Å². The van der Waals surface area contributed by atoms with E-state index in [9.17, 15) is 4.79 Å². The van der Waals surface area contributed by atoms with Crippen molar-refractivity contribution in [3.63, 3.8) is 0 Å². The van der Waals surface area contributed by atoms with Gasteiger partial charge in [-0.2, -0.15) is 0 Å². The van der Waals surface area contributed by atoms with Crippen molar-refractivity contribution in [2.45, 2.75) is 20.3 Å². The molecule has 78 valence electrons. The van der Waals surface area contributed by atoms with Crippen molar-refractivity contribution in [3.05, 3.63) is 11.1 Å². The first-order valence-corrected chi connectivity index (χ1v) is 5.53. The molecule has 1 amide bonds. The third-order valence-corrected chi connectivity index (χ3v) is 2.54. The van der Waals surface area contributed by atoms with Gasteiger partial charge in [0.25, 0.3) is 0 Å². The first-order chi connectivity index (χ1) is 6.72. The van der Waals surface area contributed by atoms with E-state index < -0.39 is 0 Å². The molecular formula is C9H15N3OS. The van der Waals surface area contributed by atoms with Crippen LogP contribution in [0.3, 0.4) is 0 Å². The summed E-state index contributed by atoms with van der Waals surface area (Å²) in [5.41, 5.74) is 1.11. The molecule has 0 aliphatic rings. The minimum atomic E-state index is 0.000172. The number of nitrogens with zero attached hydrogens (tertiary/aromatic N) is 1. The smallest absolute Gasteiger partial charge is 0.216 e. The van der Waals surface area contributed by atoms with Crippen LogP contribution in [0.1, 0.15) is 19.5 Å². The van der Waals surface area contributed by atoms with Gasteiger partial charge in [0, 0.05) is 25.4 Å². The SMILES string of the molecule is CCc1csc(NCCNC(C)=O)n1. The molecule has 14 heavy (non-hydrogen) atoms. The number of hydrogen-bond acceptors (Lipinski definition) is 4. The van der Waals surface area contributed by atoms with Gasteiger partial charge in [-0.3, -0.25) is 4.79 Å². The van der Waals surface area contributed by atoms with Crippen molar-refractivity contribution in [1.82, 2.24) is 10.3 Å². The van der Waals surface area contributed by atoms with Crippen molar-refractivity contribution in [2.75, 3.05) is 18.4 Å². The van der Waals surface area contributed by atoms with Crippen LogP contribution in [-0.2, 0) is 11.2 Å². The Morgan fingerprint density at radius 2 is 2.36 bits per heavy atom. The number of anilines is 1. The van der Waals surface area contributed by atoms with Crippen molar-refractivity contribution in [1.29, 1.82) is 0 Å². The van der Waals surface area contributed by atoms with Crippen LogP contribution in [0.2, 0.25) is 0 Å². The average molecular weight is 213 g/mol. The predicted molar refractivity (Wildman–Crippen MR) is 58.7 cm³/mol. The molecular weight excluding hydrogens is 198 g/mol. The molecule has 2 N–H and O–H groups in total.